The van der Waals surface area contributed by atoms with Crippen molar-refractivity contribution in [3.8, 4) is 0 Å². The van der Waals surface area contributed by atoms with Gasteiger partial charge in [-0.1, -0.05) is 23.5 Å². The third-order valence-electron chi connectivity index (χ3n) is 1.35. The number of carbonyl (C=O) groups excluding carboxylic acids is 1. The molecule has 0 spiro atoms. The quantitative estimate of drug-likeness (QED) is 0.680. The van der Waals surface area contributed by atoms with E-state index in [1.807, 2.05) is 0 Å². The molecule has 13 heavy (non-hydrogen) atoms. The van der Waals surface area contributed by atoms with E-state index in [0.717, 1.165) is 0 Å². The fraction of sp³-hybridized carbons (Fsp3) is 0.667. The van der Waals surface area contributed by atoms with E-state index in [2.05, 4.69) is 14.2 Å². The minimum absolute atomic E-state index is 0.0239. The number of nitrogens with one attached hydrogen (secondary N) is 1. The first-order chi connectivity index (χ1) is 6.26. The molecule has 1 fully saturated rings. The van der Waals surface area contributed by atoms with E-state index >= 15 is 0 Å². The largest absolute Gasteiger partial charge is 0.548 e. The molecule has 2 atom stereocenters. The molecule has 1 saturated heterocycles. The predicted molar refractivity (Wildman–Crippen MR) is 57.9 cm³/mol. The van der Waals surface area contributed by atoms with E-state index in [9.17, 15) is 4.79 Å². The summed E-state index contributed by atoms with van der Waals surface area (Å²) in [4.78, 5) is 10.9. The van der Waals surface area contributed by atoms with E-state index in [4.69, 9.17) is 9.47 Å². The van der Waals surface area contributed by atoms with E-state index in [0.29, 0.717) is 18.4 Å². The first kappa shape index (κ1) is 11.1. The number of rotatable bonds is 2. The number of thioether (sulfide) groups is 2. The van der Waals surface area contributed by atoms with E-state index < -0.39 is 0 Å². The topological polar surface area (TPSA) is 49.5 Å². The van der Waals surface area contributed by atoms with Gasteiger partial charge in [0.2, 0.25) is 4.45 Å². The average Bonchev–Trinajstić information content (AvgIpc) is 2.61. The molecule has 1 aliphatic rings. The summed E-state index contributed by atoms with van der Waals surface area (Å²) < 4.78 is 13.2. The molecule has 4 nitrogen and oxygen atoms in total. The Kier molecular flexibility index (Phi) is 4.91. The first-order valence-electron chi connectivity index (χ1n) is 3.60. The van der Waals surface area contributed by atoms with Crippen LogP contribution in [0.1, 0.15) is 0 Å². The SMILES string of the molecule is CSC(=O)SCC1CO/C(=[NH+]\P)O1. The monoisotopic (exact) mass is 240 g/mol. The Balaban J connectivity index is 2.21. The third-order valence-corrected chi connectivity index (χ3v) is 3.54. The lowest BCUT2D eigenvalue weighted by Crippen LogP contribution is -2.59. The normalized spacial score (nSPS) is 24.2. The van der Waals surface area contributed by atoms with Crippen molar-refractivity contribution in [1.82, 2.24) is 0 Å². The van der Waals surface area contributed by atoms with Crippen molar-refractivity contribution < 1.29 is 19.0 Å². The van der Waals surface area contributed by atoms with Crippen LogP contribution in [0.4, 0.5) is 4.79 Å². The Morgan fingerprint density at radius 2 is 2.62 bits per heavy atom. The van der Waals surface area contributed by atoms with Crippen molar-refractivity contribution in [2.75, 3.05) is 18.6 Å². The van der Waals surface area contributed by atoms with Gasteiger partial charge in [-0.25, -0.2) is 0 Å². The fourth-order valence-electron chi connectivity index (χ4n) is 0.766. The van der Waals surface area contributed by atoms with Gasteiger partial charge in [-0.15, -0.1) is 0 Å². The molecular weight excluding hydrogens is 229 g/mol. The van der Waals surface area contributed by atoms with Crippen molar-refractivity contribution in [2.45, 2.75) is 6.10 Å². The summed E-state index contributed by atoms with van der Waals surface area (Å²) in [7, 11) is 2.29. The summed E-state index contributed by atoms with van der Waals surface area (Å²) in [6, 6.07) is 0. The van der Waals surface area contributed by atoms with E-state index in [-0.39, 0.29) is 10.6 Å². The van der Waals surface area contributed by atoms with Gasteiger partial charge in [-0.05, 0) is 6.26 Å². The van der Waals surface area contributed by atoms with E-state index in [1.54, 1.807) is 6.26 Å². The van der Waals surface area contributed by atoms with Crippen LogP contribution < -0.4 is 4.76 Å². The molecule has 0 aromatic heterocycles. The van der Waals surface area contributed by atoms with Crippen molar-refractivity contribution >= 4 is 43.4 Å². The summed E-state index contributed by atoms with van der Waals surface area (Å²) >= 11 is 2.47. The van der Waals surface area contributed by atoms with Crippen LogP contribution in [0.25, 0.3) is 0 Å². The van der Waals surface area contributed by atoms with Crippen LogP contribution in [0, 0.1) is 0 Å². The van der Waals surface area contributed by atoms with Crippen molar-refractivity contribution in [2.24, 2.45) is 0 Å². The molecule has 0 saturated carbocycles. The zero-order valence-corrected chi connectivity index (χ0v) is 9.90. The van der Waals surface area contributed by atoms with Gasteiger partial charge in [0.05, 0.1) is 0 Å². The Morgan fingerprint density at radius 3 is 3.15 bits per heavy atom. The Labute approximate surface area is 87.5 Å². The standard InChI is InChI=1S/C6H10NO3PS2/c1-12-6(8)13-3-4-2-9-5(7-11)10-4/h4H,2-3,11H2,1H3/p+1/b7-5+. The maximum Gasteiger partial charge on any atom is 0.548 e. The molecule has 1 rings (SSSR count). The lowest BCUT2D eigenvalue weighted by molar-refractivity contribution is -0.282. The van der Waals surface area contributed by atoms with Gasteiger partial charge in [-0.2, -0.15) is 4.76 Å². The summed E-state index contributed by atoms with van der Waals surface area (Å²) in [6.07, 6.45) is 2.15. The van der Waals surface area contributed by atoms with Crippen molar-refractivity contribution in [1.29, 1.82) is 0 Å². The molecule has 1 heterocycles. The number of carbonyl (C=O) groups is 1. The molecule has 0 aromatic rings. The summed E-state index contributed by atoms with van der Waals surface area (Å²) in [5.74, 6) is 0.634. The molecule has 1 aliphatic heterocycles. The molecular formula is C6H11NO3PS2+. The molecule has 0 amide bonds. The highest BCUT2D eigenvalue weighted by atomic mass is 32.2. The zero-order chi connectivity index (χ0) is 9.68. The summed E-state index contributed by atoms with van der Waals surface area (Å²) in [6.45, 7) is 0.505. The smallest absolute Gasteiger partial charge is 0.411 e. The fourth-order valence-corrected chi connectivity index (χ4v) is 2.08. The van der Waals surface area contributed by atoms with Crippen molar-refractivity contribution in [3.05, 3.63) is 0 Å². The minimum Gasteiger partial charge on any atom is -0.411 e. The maximum atomic E-state index is 10.9. The highest BCUT2D eigenvalue weighted by Crippen LogP contribution is 2.17. The first-order valence-corrected chi connectivity index (χ1v) is 6.38. The van der Waals surface area contributed by atoms with E-state index in [1.165, 1.54) is 23.5 Å². The Bertz CT molecular complexity index is 224. The molecule has 0 radical (unpaired) electrons. The summed E-state index contributed by atoms with van der Waals surface area (Å²) in [5.41, 5.74) is 0. The average molecular weight is 240 g/mol. The second-order valence-corrected chi connectivity index (χ2v) is 4.57. The van der Waals surface area contributed by atoms with Gasteiger partial charge >= 0.3 is 6.08 Å². The maximum absolute atomic E-state index is 10.9. The van der Waals surface area contributed by atoms with Crippen LogP contribution in [-0.2, 0) is 9.47 Å². The molecule has 0 aromatic carbocycles. The number of hydrogen-bond acceptors (Lipinski definition) is 5. The van der Waals surface area contributed by atoms with Gasteiger partial charge in [0.1, 0.15) is 6.61 Å². The van der Waals surface area contributed by atoms with Crippen LogP contribution in [-0.4, -0.2) is 35.3 Å². The van der Waals surface area contributed by atoms with Crippen LogP contribution in [0.2, 0.25) is 0 Å². The van der Waals surface area contributed by atoms with Crippen LogP contribution >= 0.6 is 32.9 Å². The van der Waals surface area contributed by atoms with Crippen LogP contribution in [0.15, 0.2) is 0 Å². The molecule has 7 heteroatoms. The molecule has 0 bridgehead atoms. The lowest BCUT2D eigenvalue weighted by atomic mass is 10.4. The highest BCUT2D eigenvalue weighted by Gasteiger charge is 2.27. The number of ether oxygens (including phenoxy) is 2. The Hall–Kier alpha value is 0.0700. The second kappa shape index (κ2) is 5.73. The van der Waals surface area contributed by atoms with Crippen molar-refractivity contribution in [3.63, 3.8) is 0 Å². The third kappa shape index (κ3) is 3.75. The van der Waals surface area contributed by atoms with Gasteiger partial charge < -0.3 is 9.47 Å². The van der Waals surface area contributed by atoms with Gasteiger partial charge in [0.25, 0.3) is 0 Å². The number of hydrogen-bond donors (Lipinski definition) is 1. The Morgan fingerprint density at radius 1 is 1.85 bits per heavy atom. The predicted octanol–water partition coefficient (Wildman–Crippen LogP) is -0.155. The van der Waals surface area contributed by atoms with Crippen LogP contribution in [0.3, 0.4) is 0 Å². The van der Waals surface area contributed by atoms with Gasteiger partial charge in [0.15, 0.2) is 15.5 Å². The lowest BCUT2D eigenvalue weighted by Gasteiger charge is -2.02. The molecule has 2 unspecified atom stereocenters. The van der Waals surface area contributed by atoms with Crippen LogP contribution in [0.5, 0.6) is 0 Å². The second-order valence-electron chi connectivity index (χ2n) is 2.25. The van der Waals surface area contributed by atoms with Gasteiger partial charge in [-0.3, -0.25) is 4.79 Å². The summed E-state index contributed by atoms with van der Waals surface area (Å²) in [5, 5.41) is 0. The molecule has 0 aliphatic carbocycles. The molecule has 1 N–H and O–H groups in total. The minimum atomic E-state index is -0.0239. The molecule has 74 valence electrons. The van der Waals surface area contributed by atoms with Gasteiger partial charge in [0, 0.05) is 5.75 Å². The zero-order valence-electron chi connectivity index (χ0n) is 7.11. The highest BCUT2D eigenvalue weighted by molar-refractivity contribution is 8.38.